The molecule has 7 rings (SSSR count). The van der Waals surface area contributed by atoms with Gasteiger partial charge in [0.1, 0.15) is 5.75 Å². The maximum absolute atomic E-state index is 7.11. The lowest BCUT2D eigenvalue weighted by Gasteiger charge is -2.65. The van der Waals surface area contributed by atoms with E-state index in [0.29, 0.717) is 18.0 Å². The molecule has 0 spiro atoms. The topological polar surface area (TPSA) is 24.9 Å². The summed E-state index contributed by atoms with van der Waals surface area (Å²) >= 11 is 0. The zero-order valence-electron chi connectivity index (χ0n) is 20.7. The third-order valence-electron chi connectivity index (χ3n) is 10.2. The van der Waals surface area contributed by atoms with Crippen LogP contribution in [0.3, 0.4) is 0 Å². The van der Waals surface area contributed by atoms with Crippen molar-refractivity contribution in [3.05, 3.63) is 65.2 Å². The van der Waals surface area contributed by atoms with Crippen LogP contribution in [0, 0.1) is 11.8 Å². The molecular weight excluding hydrogens is 420 g/mol. The zero-order chi connectivity index (χ0) is 22.9. The SMILES string of the molecule is COc1ccc2c(c1)C13CCN(CC4CC4)C(C2)C12CCC(N(C)Cc1ccccc1)C3CO2. The summed E-state index contributed by atoms with van der Waals surface area (Å²) in [5.74, 6) is 2.46. The molecule has 0 amide bonds. The van der Waals surface area contributed by atoms with Crippen LogP contribution in [0.15, 0.2) is 48.5 Å². The van der Waals surface area contributed by atoms with Crippen LogP contribution in [0.5, 0.6) is 5.75 Å². The van der Waals surface area contributed by atoms with Gasteiger partial charge in [0.05, 0.1) is 19.3 Å². The molecule has 5 aliphatic rings. The van der Waals surface area contributed by atoms with Crippen molar-refractivity contribution in [2.24, 2.45) is 11.8 Å². The molecule has 0 radical (unpaired) electrons. The Labute approximate surface area is 204 Å². The third-order valence-corrected chi connectivity index (χ3v) is 10.2. The molecule has 4 bridgehead atoms. The van der Waals surface area contributed by atoms with Crippen LogP contribution in [0.25, 0.3) is 0 Å². The second kappa shape index (κ2) is 7.81. The van der Waals surface area contributed by atoms with Crippen LogP contribution in [0.2, 0.25) is 0 Å². The summed E-state index contributed by atoms with van der Waals surface area (Å²) < 4.78 is 12.9. The number of nitrogens with zero attached hydrogens (tertiary/aromatic N) is 2. The Hall–Kier alpha value is -1.88. The molecule has 2 saturated carbocycles. The molecule has 2 aliphatic heterocycles. The van der Waals surface area contributed by atoms with E-state index in [1.807, 2.05) is 0 Å². The highest BCUT2D eigenvalue weighted by Gasteiger charge is 2.73. The van der Waals surface area contributed by atoms with Crippen LogP contribution >= 0.6 is 0 Å². The molecule has 5 atom stereocenters. The predicted molar refractivity (Wildman–Crippen MR) is 134 cm³/mol. The molecule has 4 fully saturated rings. The normalized spacial score (nSPS) is 36.3. The highest BCUT2D eigenvalue weighted by molar-refractivity contribution is 5.51. The Morgan fingerprint density at radius 3 is 2.74 bits per heavy atom. The smallest absolute Gasteiger partial charge is 0.119 e. The maximum Gasteiger partial charge on any atom is 0.119 e. The molecule has 3 aliphatic carbocycles. The van der Waals surface area contributed by atoms with Gasteiger partial charge in [-0.05, 0) is 86.9 Å². The van der Waals surface area contributed by atoms with Gasteiger partial charge in [0.15, 0.2) is 0 Å². The van der Waals surface area contributed by atoms with Gasteiger partial charge in [-0.1, -0.05) is 36.4 Å². The van der Waals surface area contributed by atoms with Crippen molar-refractivity contribution in [2.75, 3.05) is 33.9 Å². The van der Waals surface area contributed by atoms with Gasteiger partial charge in [0.2, 0.25) is 0 Å². The number of piperidine rings is 1. The van der Waals surface area contributed by atoms with E-state index in [2.05, 4.69) is 65.4 Å². The van der Waals surface area contributed by atoms with Gasteiger partial charge < -0.3 is 9.47 Å². The van der Waals surface area contributed by atoms with Gasteiger partial charge in [-0.3, -0.25) is 9.80 Å². The summed E-state index contributed by atoms with van der Waals surface area (Å²) in [5, 5.41) is 0. The Bertz CT molecular complexity index is 1070. The van der Waals surface area contributed by atoms with Gasteiger partial charge in [0, 0.05) is 36.5 Å². The van der Waals surface area contributed by atoms with E-state index in [1.54, 1.807) is 18.2 Å². The van der Waals surface area contributed by atoms with Crippen LogP contribution in [-0.2, 0) is 23.1 Å². The molecule has 2 heterocycles. The fourth-order valence-electron chi connectivity index (χ4n) is 8.56. The average Bonchev–Trinajstić information content (AvgIpc) is 3.64. The molecule has 2 saturated heterocycles. The van der Waals surface area contributed by atoms with Crippen molar-refractivity contribution in [1.29, 1.82) is 0 Å². The fraction of sp³-hybridized carbons (Fsp3) is 0.600. The molecule has 5 unspecified atom stereocenters. The van der Waals surface area contributed by atoms with Gasteiger partial charge in [-0.2, -0.15) is 0 Å². The Morgan fingerprint density at radius 2 is 1.94 bits per heavy atom. The second-order valence-corrected chi connectivity index (χ2v) is 11.7. The fourth-order valence-corrected chi connectivity index (χ4v) is 8.56. The molecule has 2 aromatic carbocycles. The molecule has 0 N–H and O–H groups in total. The number of ether oxygens (including phenoxy) is 2. The van der Waals surface area contributed by atoms with E-state index >= 15 is 0 Å². The number of likely N-dealkylation sites (tertiary alicyclic amines) is 1. The predicted octanol–water partition coefficient (Wildman–Crippen LogP) is 4.65. The van der Waals surface area contributed by atoms with E-state index < -0.39 is 0 Å². The highest BCUT2D eigenvalue weighted by atomic mass is 16.5. The summed E-state index contributed by atoms with van der Waals surface area (Å²) in [5.41, 5.74) is 4.57. The van der Waals surface area contributed by atoms with Crippen LogP contribution in [0.4, 0.5) is 0 Å². The number of hydrogen-bond donors (Lipinski definition) is 0. The Kier molecular flexibility index (Phi) is 4.92. The van der Waals surface area contributed by atoms with Crippen molar-refractivity contribution < 1.29 is 9.47 Å². The zero-order valence-corrected chi connectivity index (χ0v) is 20.7. The summed E-state index contributed by atoms with van der Waals surface area (Å²) in [6.45, 7) is 4.40. The van der Waals surface area contributed by atoms with E-state index in [1.165, 1.54) is 50.8 Å². The van der Waals surface area contributed by atoms with Gasteiger partial charge in [-0.25, -0.2) is 0 Å². The van der Waals surface area contributed by atoms with Crippen molar-refractivity contribution >= 4 is 0 Å². The Morgan fingerprint density at radius 1 is 1.09 bits per heavy atom. The second-order valence-electron chi connectivity index (χ2n) is 11.7. The standard InChI is InChI=1S/C30H38N2O2/c1-31(18-21-6-4-3-5-7-21)27-12-13-30-28-16-23-10-11-24(33-2)17-25(23)29(30,26(27)20-34-30)14-15-32(28)19-22-8-9-22/h3-7,10-11,17,22,26-28H,8-9,12-16,18-20H2,1-2H3. The molecular formula is C30H38N2O2. The lowest BCUT2D eigenvalue weighted by atomic mass is 9.46. The van der Waals surface area contributed by atoms with Crippen LogP contribution in [0.1, 0.15) is 48.8 Å². The first-order valence-electron chi connectivity index (χ1n) is 13.4. The highest BCUT2D eigenvalue weighted by Crippen LogP contribution is 2.66. The number of benzene rings is 2. The van der Waals surface area contributed by atoms with Gasteiger partial charge >= 0.3 is 0 Å². The van der Waals surface area contributed by atoms with Crippen molar-refractivity contribution in [3.8, 4) is 5.75 Å². The molecule has 180 valence electrons. The number of rotatable bonds is 6. The van der Waals surface area contributed by atoms with Gasteiger partial charge in [0.25, 0.3) is 0 Å². The summed E-state index contributed by atoms with van der Waals surface area (Å²) in [7, 11) is 4.15. The largest absolute Gasteiger partial charge is 0.497 e. The van der Waals surface area contributed by atoms with Crippen molar-refractivity contribution in [3.63, 3.8) is 0 Å². The molecule has 4 nitrogen and oxygen atoms in total. The number of methoxy groups -OCH3 is 1. The molecule has 4 heteroatoms. The molecule has 2 aromatic rings. The summed E-state index contributed by atoms with van der Waals surface area (Å²) in [6, 6.07) is 19.0. The third kappa shape index (κ3) is 2.95. The minimum atomic E-state index is -0.0335. The van der Waals surface area contributed by atoms with E-state index in [4.69, 9.17) is 9.47 Å². The first kappa shape index (κ1) is 21.4. The van der Waals surface area contributed by atoms with Crippen molar-refractivity contribution in [2.45, 2.75) is 68.2 Å². The van der Waals surface area contributed by atoms with Crippen LogP contribution in [-0.4, -0.2) is 61.3 Å². The lowest BCUT2D eigenvalue weighted by Crippen LogP contribution is -2.74. The summed E-state index contributed by atoms with van der Waals surface area (Å²) in [6.07, 6.45) is 7.61. The number of fused-ring (bicyclic) bond motifs is 1. The maximum atomic E-state index is 7.11. The van der Waals surface area contributed by atoms with Crippen LogP contribution < -0.4 is 4.74 Å². The summed E-state index contributed by atoms with van der Waals surface area (Å²) in [4.78, 5) is 5.48. The monoisotopic (exact) mass is 458 g/mol. The minimum Gasteiger partial charge on any atom is -0.497 e. The quantitative estimate of drug-likeness (QED) is 0.629. The van der Waals surface area contributed by atoms with E-state index in [9.17, 15) is 0 Å². The molecule has 0 aromatic heterocycles. The lowest BCUT2D eigenvalue weighted by molar-refractivity contribution is -0.153. The first-order valence-corrected chi connectivity index (χ1v) is 13.4. The van der Waals surface area contributed by atoms with E-state index in [0.717, 1.165) is 31.2 Å². The van der Waals surface area contributed by atoms with Gasteiger partial charge in [-0.15, -0.1) is 0 Å². The average molecular weight is 459 g/mol. The molecule has 34 heavy (non-hydrogen) atoms. The van der Waals surface area contributed by atoms with E-state index in [-0.39, 0.29) is 11.0 Å². The van der Waals surface area contributed by atoms with Crippen molar-refractivity contribution in [1.82, 2.24) is 9.80 Å². The Balaban J connectivity index is 1.30. The number of hydrogen-bond acceptors (Lipinski definition) is 4. The first-order chi connectivity index (χ1) is 16.6. The minimum absolute atomic E-state index is 0.0335.